The number of nitrogens with zero attached hydrogens (tertiary/aromatic N) is 1. The van der Waals surface area contributed by atoms with Crippen LogP contribution in [0.4, 0.5) is 5.82 Å². The van der Waals surface area contributed by atoms with Gasteiger partial charge in [-0.15, -0.1) is 0 Å². The average molecular weight is 254 g/mol. The molecule has 0 aliphatic heterocycles. The maximum atomic E-state index is 4.79. The molecular weight excluding hydrogens is 232 g/mol. The molecule has 1 aliphatic rings. The van der Waals surface area contributed by atoms with E-state index in [9.17, 15) is 0 Å². The van der Waals surface area contributed by atoms with Gasteiger partial charge in [0.1, 0.15) is 5.82 Å². The predicted octanol–water partition coefficient (Wildman–Crippen LogP) is 4.53. The lowest BCUT2D eigenvalue weighted by Gasteiger charge is -2.29. The van der Waals surface area contributed by atoms with Gasteiger partial charge in [0.15, 0.2) is 0 Å². The van der Waals surface area contributed by atoms with E-state index in [2.05, 4.69) is 50.4 Å². The fourth-order valence-electron chi connectivity index (χ4n) is 3.13. The maximum Gasteiger partial charge on any atom is 0.129 e. The van der Waals surface area contributed by atoms with Gasteiger partial charge in [-0.1, -0.05) is 38.5 Å². The van der Waals surface area contributed by atoms with Crippen LogP contribution in [0, 0.1) is 12.3 Å². The summed E-state index contributed by atoms with van der Waals surface area (Å²) in [6, 6.07) is 11.1. The predicted molar refractivity (Wildman–Crippen MR) is 81.5 cm³/mol. The SMILES string of the molecule is Cc1cc2ccccc2nc1NC1CCCC1(C)C. The third kappa shape index (κ3) is 2.32. The minimum Gasteiger partial charge on any atom is -0.367 e. The van der Waals surface area contributed by atoms with E-state index in [1.54, 1.807) is 0 Å². The van der Waals surface area contributed by atoms with E-state index < -0.39 is 0 Å². The summed E-state index contributed by atoms with van der Waals surface area (Å²) in [7, 11) is 0. The molecule has 100 valence electrons. The van der Waals surface area contributed by atoms with E-state index in [4.69, 9.17) is 4.98 Å². The molecule has 2 aromatic rings. The van der Waals surface area contributed by atoms with E-state index in [1.807, 2.05) is 6.07 Å². The van der Waals surface area contributed by atoms with Crippen LogP contribution in [0.5, 0.6) is 0 Å². The van der Waals surface area contributed by atoms with Crippen LogP contribution >= 0.6 is 0 Å². The zero-order valence-electron chi connectivity index (χ0n) is 12.0. The lowest BCUT2D eigenvalue weighted by atomic mass is 9.87. The molecule has 19 heavy (non-hydrogen) atoms. The van der Waals surface area contributed by atoms with Gasteiger partial charge >= 0.3 is 0 Å². The summed E-state index contributed by atoms with van der Waals surface area (Å²) in [6.07, 6.45) is 3.87. The van der Waals surface area contributed by atoms with Crippen LogP contribution in [0.3, 0.4) is 0 Å². The third-order valence-electron chi connectivity index (χ3n) is 4.48. The van der Waals surface area contributed by atoms with Gasteiger partial charge in [-0.05, 0) is 42.9 Å². The van der Waals surface area contributed by atoms with Crippen molar-refractivity contribution >= 4 is 16.7 Å². The van der Waals surface area contributed by atoms with Crippen molar-refractivity contribution in [1.29, 1.82) is 0 Å². The molecule has 1 unspecified atom stereocenters. The zero-order chi connectivity index (χ0) is 13.5. The second-order valence-corrected chi connectivity index (χ2v) is 6.42. The first kappa shape index (κ1) is 12.5. The minimum absolute atomic E-state index is 0.375. The lowest BCUT2D eigenvalue weighted by molar-refractivity contribution is 0.349. The summed E-state index contributed by atoms with van der Waals surface area (Å²) >= 11 is 0. The van der Waals surface area contributed by atoms with Crippen LogP contribution in [-0.4, -0.2) is 11.0 Å². The monoisotopic (exact) mass is 254 g/mol. The van der Waals surface area contributed by atoms with Crippen LogP contribution < -0.4 is 5.32 Å². The van der Waals surface area contributed by atoms with E-state index in [1.165, 1.54) is 30.2 Å². The molecule has 1 fully saturated rings. The first-order valence-electron chi connectivity index (χ1n) is 7.19. The smallest absolute Gasteiger partial charge is 0.129 e. The molecule has 2 heteroatoms. The highest BCUT2D eigenvalue weighted by molar-refractivity contribution is 5.81. The summed E-state index contributed by atoms with van der Waals surface area (Å²) in [6.45, 7) is 6.85. The summed E-state index contributed by atoms with van der Waals surface area (Å²) in [5.41, 5.74) is 2.69. The van der Waals surface area contributed by atoms with Crippen LogP contribution in [0.25, 0.3) is 10.9 Å². The number of aryl methyl sites for hydroxylation is 1. The Hall–Kier alpha value is -1.57. The van der Waals surface area contributed by atoms with Crippen molar-refractivity contribution in [3.8, 4) is 0 Å². The van der Waals surface area contributed by atoms with Crippen LogP contribution in [0.2, 0.25) is 0 Å². The Morgan fingerprint density at radius 1 is 1.26 bits per heavy atom. The van der Waals surface area contributed by atoms with Crippen molar-refractivity contribution in [3.05, 3.63) is 35.9 Å². The number of anilines is 1. The minimum atomic E-state index is 0.375. The molecule has 0 saturated heterocycles. The number of benzene rings is 1. The second kappa shape index (κ2) is 4.52. The summed E-state index contributed by atoms with van der Waals surface area (Å²) in [5.74, 6) is 1.05. The average Bonchev–Trinajstić information content (AvgIpc) is 2.70. The molecule has 1 heterocycles. The van der Waals surface area contributed by atoms with Gasteiger partial charge in [-0.25, -0.2) is 4.98 Å². The fraction of sp³-hybridized carbons (Fsp3) is 0.471. The Labute approximate surface area is 115 Å². The fourth-order valence-corrected chi connectivity index (χ4v) is 3.13. The van der Waals surface area contributed by atoms with Gasteiger partial charge in [0.05, 0.1) is 5.52 Å². The maximum absolute atomic E-state index is 4.79. The summed E-state index contributed by atoms with van der Waals surface area (Å²) in [4.78, 5) is 4.79. The lowest BCUT2D eigenvalue weighted by Crippen LogP contribution is -2.31. The van der Waals surface area contributed by atoms with E-state index in [0.29, 0.717) is 11.5 Å². The molecule has 0 radical (unpaired) electrons. The molecule has 0 amide bonds. The van der Waals surface area contributed by atoms with E-state index in [-0.39, 0.29) is 0 Å². The van der Waals surface area contributed by atoms with Crippen LogP contribution in [-0.2, 0) is 0 Å². The standard InChI is InChI=1S/C17H22N2/c1-12-11-13-7-4-5-8-14(13)18-16(12)19-15-9-6-10-17(15,2)3/h4-5,7-8,11,15H,6,9-10H2,1-3H3,(H,18,19). The number of para-hydroxylation sites is 1. The largest absolute Gasteiger partial charge is 0.367 e. The van der Waals surface area contributed by atoms with Gasteiger partial charge in [0.2, 0.25) is 0 Å². The molecular formula is C17H22N2. The quantitative estimate of drug-likeness (QED) is 0.851. The molecule has 1 atom stereocenters. The topological polar surface area (TPSA) is 24.9 Å². The Kier molecular flexibility index (Phi) is 2.96. The van der Waals surface area contributed by atoms with Gasteiger partial charge in [-0.2, -0.15) is 0 Å². The van der Waals surface area contributed by atoms with Crippen molar-refractivity contribution in [1.82, 2.24) is 4.98 Å². The molecule has 1 aromatic heterocycles. The van der Waals surface area contributed by atoms with Crippen LogP contribution in [0.15, 0.2) is 30.3 Å². The van der Waals surface area contributed by atoms with Gasteiger partial charge in [0.25, 0.3) is 0 Å². The number of hydrogen-bond donors (Lipinski definition) is 1. The van der Waals surface area contributed by atoms with Crippen molar-refractivity contribution in [2.24, 2.45) is 5.41 Å². The molecule has 1 saturated carbocycles. The second-order valence-electron chi connectivity index (χ2n) is 6.42. The van der Waals surface area contributed by atoms with Crippen LogP contribution in [0.1, 0.15) is 38.7 Å². The van der Waals surface area contributed by atoms with E-state index >= 15 is 0 Å². The number of fused-ring (bicyclic) bond motifs is 1. The number of rotatable bonds is 2. The Bertz CT molecular complexity index is 601. The molecule has 0 spiro atoms. The summed E-state index contributed by atoms with van der Waals surface area (Å²) in [5, 5.41) is 4.90. The van der Waals surface area contributed by atoms with Gasteiger partial charge in [-0.3, -0.25) is 0 Å². The number of nitrogens with one attached hydrogen (secondary N) is 1. The highest BCUT2D eigenvalue weighted by atomic mass is 15.0. The molecule has 1 N–H and O–H groups in total. The number of pyridine rings is 1. The number of aromatic nitrogens is 1. The Balaban J connectivity index is 1.94. The van der Waals surface area contributed by atoms with Crippen molar-refractivity contribution in [3.63, 3.8) is 0 Å². The van der Waals surface area contributed by atoms with Crippen molar-refractivity contribution in [2.45, 2.75) is 46.1 Å². The van der Waals surface area contributed by atoms with Crippen molar-refractivity contribution in [2.75, 3.05) is 5.32 Å². The summed E-state index contributed by atoms with van der Waals surface area (Å²) < 4.78 is 0. The van der Waals surface area contributed by atoms with E-state index in [0.717, 1.165) is 11.3 Å². The van der Waals surface area contributed by atoms with Crippen molar-refractivity contribution < 1.29 is 0 Å². The third-order valence-corrected chi connectivity index (χ3v) is 4.48. The first-order valence-corrected chi connectivity index (χ1v) is 7.19. The Morgan fingerprint density at radius 2 is 2.05 bits per heavy atom. The molecule has 2 nitrogen and oxygen atoms in total. The molecule has 3 rings (SSSR count). The molecule has 0 bridgehead atoms. The molecule has 1 aromatic carbocycles. The van der Waals surface area contributed by atoms with Gasteiger partial charge < -0.3 is 5.32 Å². The highest BCUT2D eigenvalue weighted by Crippen LogP contribution is 2.39. The first-order chi connectivity index (χ1) is 9.06. The molecule has 1 aliphatic carbocycles. The Morgan fingerprint density at radius 3 is 2.79 bits per heavy atom. The highest BCUT2D eigenvalue weighted by Gasteiger charge is 2.34. The zero-order valence-corrected chi connectivity index (χ0v) is 12.0. The van der Waals surface area contributed by atoms with Gasteiger partial charge in [0, 0.05) is 11.4 Å². The number of hydrogen-bond acceptors (Lipinski definition) is 2. The normalized spacial score (nSPS) is 21.7.